The van der Waals surface area contributed by atoms with Crippen LogP contribution in [0.15, 0.2) is 134 Å². The molecule has 2 aliphatic rings. The average molecular weight is 519 g/mol. The van der Waals surface area contributed by atoms with E-state index in [2.05, 4.69) is 52.3 Å². The predicted octanol–water partition coefficient (Wildman–Crippen LogP) is 9.29. The summed E-state index contributed by atoms with van der Waals surface area (Å²) in [5, 5.41) is 0. The average Bonchev–Trinajstić information content (AvgIpc) is 3.02. The highest BCUT2D eigenvalue weighted by atomic mass is 16.5. The molecule has 0 atom stereocenters. The number of anilines is 6. The summed E-state index contributed by atoms with van der Waals surface area (Å²) in [4.78, 5) is 14.0. The molecule has 0 unspecified atom stereocenters. The van der Waals surface area contributed by atoms with Crippen LogP contribution in [0, 0.1) is 0 Å². The van der Waals surface area contributed by atoms with Crippen LogP contribution in [-0.4, -0.2) is 9.97 Å². The zero-order valence-corrected chi connectivity index (χ0v) is 21.3. The number of para-hydroxylation sites is 8. The standard InChI is InChI=1S/C34H22N4O2/c1-5-17-29-23(11-1)37(24-12-2-6-18-30(24)39-29)27-15-9-16-28(33(27)34-35-21-10-22-36-34)38-25-13-3-7-19-31(25)40-32-20-8-4-14-26(32)38/h1-22H. The maximum atomic E-state index is 6.31. The second kappa shape index (κ2) is 8.99. The second-order valence-electron chi connectivity index (χ2n) is 9.49. The summed E-state index contributed by atoms with van der Waals surface area (Å²) in [5.74, 6) is 3.76. The Morgan fingerprint density at radius 3 is 1.12 bits per heavy atom. The van der Waals surface area contributed by atoms with Gasteiger partial charge in [0.25, 0.3) is 0 Å². The molecule has 6 heteroatoms. The quantitative estimate of drug-likeness (QED) is 0.232. The largest absolute Gasteiger partial charge is 0.453 e. The lowest BCUT2D eigenvalue weighted by atomic mass is 10.0. The molecule has 0 fully saturated rings. The van der Waals surface area contributed by atoms with Gasteiger partial charge in [-0.1, -0.05) is 54.6 Å². The van der Waals surface area contributed by atoms with E-state index in [1.807, 2.05) is 78.9 Å². The predicted molar refractivity (Wildman–Crippen MR) is 157 cm³/mol. The molecule has 5 aromatic carbocycles. The first-order valence-electron chi connectivity index (χ1n) is 13.1. The fourth-order valence-corrected chi connectivity index (χ4v) is 5.49. The van der Waals surface area contributed by atoms with Gasteiger partial charge < -0.3 is 19.3 Å². The third-order valence-electron chi connectivity index (χ3n) is 7.16. The molecule has 8 rings (SSSR count). The summed E-state index contributed by atoms with van der Waals surface area (Å²) >= 11 is 0. The smallest absolute Gasteiger partial charge is 0.163 e. The van der Waals surface area contributed by atoms with E-state index in [-0.39, 0.29) is 0 Å². The number of aromatic nitrogens is 2. The van der Waals surface area contributed by atoms with Gasteiger partial charge in [0, 0.05) is 12.4 Å². The third kappa shape index (κ3) is 3.43. The number of hydrogen-bond donors (Lipinski definition) is 0. The lowest BCUT2D eigenvalue weighted by molar-refractivity contribution is 0.477. The third-order valence-corrected chi connectivity index (χ3v) is 7.16. The van der Waals surface area contributed by atoms with E-state index >= 15 is 0 Å². The lowest BCUT2D eigenvalue weighted by Crippen LogP contribution is -2.20. The van der Waals surface area contributed by atoms with Crippen molar-refractivity contribution in [3.63, 3.8) is 0 Å². The van der Waals surface area contributed by atoms with Gasteiger partial charge in [-0.3, -0.25) is 0 Å². The van der Waals surface area contributed by atoms with Crippen molar-refractivity contribution in [3.8, 4) is 34.4 Å². The first-order chi connectivity index (χ1) is 19.9. The van der Waals surface area contributed by atoms with Crippen LogP contribution in [-0.2, 0) is 0 Å². The highest BCUT2D eigenvalue weighted by Crippen LogP contribution is 2.56. The Bertz CT molecular complexity index is 1680. The molecule has 6 aromatic rings. The topological polar surface area (TPSA) is 50.7 Å². The van der Waals surface area contributed by atoms with Crippen LogP contribution in [0.4, 0.5) is 34.1 Å². The zero-order valence-electron chi connectivity index (χ0n) is 21.3. The van der Waals surface area contributed by atoms with E-state index < -0.39 is 0 Å². The van der Waals surface area contributed by atoms with Crippen LogP contribution in [0.2, 0.25) is 0 Å². The molecule has 1 aromatic heterocycles. The Balaban J connectivity index is 1.45. The van der Waals surface area contributed by atoms with Crippen molar-refractivity contribution >= 4 is 34.1 Å². The summed E-state index contributed by atoms with van der Waals surface area (Å²) < 4.78 is 12.6. The SMILES string of the molecule is c1cnc(-c2c(N3c4ccccc4Oc4ccccc43)cccc2N2c3ccccc3Oc3ccccc32)nc1. The molecule has 0 saturated carbocycles. The number of ether oxygens (including phenoxy) is 2. The van der Waals surface area contributed by atoms with E-state index in [9.17, 15) is 0 Å². The monoisotopic (exact) mass is 518 g/mol. The van der Waals surface area contributed by atoms with Gasteiger partial charge in [-0.25, -0.2) is 9.97 Å². The molecule has 0 radical (unpaired) electrons. The molecule has 0 spiro atoms. The normalized spacial score (nSPS) is 12.8. The lowest BCUT2D eigenvalue weighted by Gasteiger charge is -2.37. The van der Waals surface area contributed by atoms with Crippen LogP contribution < -0.4 is 19.3 Å². The molecule has 0 amide bonds. The van der Waals surface area contributed by atoms with Crippen LogP contribution in [0.5, 0.6) is 23.0 Å². The Labute approximate surface area is 231 Å². The minimum Gasteiger partial charge on any atom is -0.453 e. The van der Waals surface area contributed by atoms with Crippen LogP contribution >= 0.6 is 0 Å². The van der Waals surface area contributed by atoms with Crippen molar-refractivity contribution in [2.75, 3.05) is 9.80 Å². The minimum absolute atomic E-state index is 0.621. The van der Waals surface area contributed by atoms with Crippen molar-refractivity contribution in [1.29, 1.82) is 0 Å². The van der Waals surface area contributed by atoms with Gasteiger partial charge in [0.15, 0.2) is 28.8 Å². The fourth-order valence-electron chi connectivity index (χ4n) is 5.49. The van der Waals surface area contributed by atoms with Crippen molar-refractivity contribution in [3.05, 3.63) is 134 Å². The number of nitrogens with zero attached hydrogens (tertiary/aromatic N) is 4. The molecule has 6 nitrogen and oxygen atoms in total. The second-order valence-corrected chi connectivity index (χ2v) is 9.49. The Morgan fingerprint density at radius 2 is 0.725 bits per heavy atom. The first-order valence-corrected chi connectivity index (χ1v) is 13.1. The molecule has 0 saturated heterocycles. The molecular formula is C34H22N4O2. The van der Waals surface area contributed by atoms with Gasteiger partial charge in [-0.15, -0.1) is 0 Å². The van der Waals surface area contributed by atoms with Gasteiger partial charge in [0.2, 0.25) is 0 Å². The molecule has 190 valence electrons. The Morgan fingerprint density at radius 1 is 0.375 bits per heavy atom. The zero-order chi connectivity index (χ0) is 26.5. The van der Waals surface area contributed by atoms with Crippen molar-refractivity contribution < 1.29 is 9.47 Å². The van der Waals surface area contributed by atoms with Crippen LogP contribution in [0.3, 0.4) is 0 Å². The number of rotatable bonds is 3. The van der Waals surface area contributed by atoms with Crippen molar-refractivity contribution in [2.24, 2.45) is 0 Å². The molecule has 2 aliphatic heterocycles. The van der Waals surface area contributed by atoms with Gasteiger partial charge >= 0.3 is 0 Å². The Hall–Kier alpha value is -5.62. The van der Waals surface area contributed by atoms with Gasteiger partial charge in [0.05, 0.1) is 39.7 Å². The molecule has 0 bridgehead atoms. The minimum atomic E-state index is 0.621. The molecular weight excluding hydrogens is 496 g/mol. The maximum Gasteiger partial charge on any atom is 0.163 e. The number of fused-ring (bicyclic) bond motifs is 4. The van der Waals surface area contributed by atoms with Gasteiger partial charge in [-0.05, 0) is 66.7 Å². The number of hydrogen-bond acceptors (Lipinski definition) is 6. The molecule has 3 heterocycles. The summed E-state index contributed by atoms with van der Waals surface area (Å²) in [7, 11) is 0. The van der Waals surface area contributed by atoms with E-state index in [0.29, 0.717) is 5.82 Å². The van der Waals surface area contributed by atoms with Crippen molar-refractivity contribution in [1.82, 2.24) is 9.97 Å². The highest BCUT2D eigenvalue weighted by molar-refractivity contribution is 6.00. The first kappa shape index (κ1) is 22.4. The van der Waals surface area contributed by atoms with Gasteiger partial charge in [-0.2, -0.15) is 0 Å². The highest BCUT2D eigenvalue weighted by Gasteiger charge is 2.32. The molecule has 40 heavy (non-hydrogen) atoms. The van der Waals surface area contributed by atoms with E-state index in [1.54, 1.807) is 12.4 Å². The Kier molecular flexibility index (Phi) is 5.03. The van der Waals surface area contributed by atoms with E-state index in [0.717, 1.165) is 62.7 Å². The van der Waals surface area contributed by atoms with E-state index in [4.69, 9.17) is 19.4 Å². The molecule has 0 aliphatic carbocycles. The van der Waals surface area contributed by atoms with Crippen molar-refractivity contribution in [2.45, 2.75) is 0 Å². The summed E-state index contributed by atoms with van der Waals surface area (Å²) in [5.41, 5.74) is 6.54. The van der Waals surface area contributed by atoms with Crippen LogP contribution in [0.25, 0.3) is 11.4 Å². The fraction of sp³-hybridized carbons (Fsp3) is 0. The maximum absolute atomic E-state index is 6.31. The number of benzene rings is 5. The summed E-state index contributed by atoms with van der Waals surface area (Å²) in [6.07, 6.45) is 3.57. The summed E-state index contributed by atoms with van der Waals surface area (Å²) in [6, 6.07) is 40.5. The summed E-state index contributed by atoms with van der Waals surface area (Å²) in [6.45, 7) is 0. The van der Waals surface area contributed by atoms with Gasteiger partial charge in [0.1, 0.15) is 0 Å². The molecule has 0 N–H and O–H groups in total. The van der Waals surface area contributed by atoms with Crippen LogP contribution in [0.1, 0.15) is 0 Å². The van der Waals surface area contributed by atoms with E-state index in [1.165, 1.54) is 0 Å².